The number of amides is 2. The second kappa shape index (κ2) is 11.6. The quantitative estimate of drug-likeness (QED) is 0.250. The molecule has 4 aromatic rings. The third-order valence-corrected chi connectivity index (χ3v) is 5.97. The van der Waals surface area contributed by atoms with E-state index in [4.69, 9.17) is 10.5 Å². The van der Waals surface area contributed by atoms with Gasteiger partial charge in [0.05, 0.1) is 29.7 Å². The third kappa shape index (κ3) is 5.96. The standard InChI is InChI=1S/C27H31N9O3/c1-6-23(37)30-18-15-19(22(39-5)16-21(18)35(4)14-13-34(2)3)32-27-29-11-10-17(31-27)26-33-24(25(28)38)20-9-7-8-12-36(20)26/h6-12,15-16H,1,13-14H2,2-5H3,(H2,28,38)(H,30,37)(H,29,31,32). The Morgan fingerprint density at radius 1 is 1.13 bits per heavy atom. The first-order valence-corrected chi connectivity index (χ1v) is 12.1. The van der Waals surface area contributed by atoms with Gasteiger partial charge in [-0.15, -0.1) is 0 Å². The molecule has 2 amide bonds. The molecule has 0 saturated heterocycles. The highest BCUT2D eigenvalue weighted by Gasteiger charge is 2.19. The Morgan fingerprint density at radius 2 is 1.92 bits per heavy atom. The predicted molar refractivity (Wildman–Crippen MR) is 152 cm³/mol. The Bertz CT molecular complexity index is 1530. The van der Waals surface area contributed by atoms with Crippen LogP contribution in [0, 0.1) is 0 Å². The molecule has 12 nitrogen and oxygen atoms in total. The van der Waals surface area contributed by atoms with Crippen molar-refractivity contribution >= 4 is 40.3 Å². The number of ether oxygens (including phenoxy) is 1. The molecule has 0 spiro atoms. The minimum Gasteiger partial charge on any atom is -0.494 e. The van der Waals surface area contributed by atoms with E-state index < -0.39 is 5.91 Å². The summed E-state index contributed by atoms with van der Waals surface area (Å²) in [7, 11) is 7.50. The van der Waals surface area contributed by atoms with Crippen LogP contribution in [0.3, 0.4) is 0 Å². The van der Waals surface area contributed by atoms with Crippen molar-refractivity contribution in [2.75, 3.05) is 56.9 Å². The molecule has 0 unspecified atom stereocenters. The molecule has 4 rings (SSSR count). The average molecular weight is 530 g/mol. The van der Waals surface area contributed by atoms with Crippen LogP contribution in [-0.2, 0) is 4.79 Å². The van der Waals surface area contributed by atoms with E-state index in [1.165, 1.54) is 6.08 Å². The van der Waals surface area contributed by atoms with E-state index in [0.717, 1.165) is 18.8 Å². The summed E-state index contributed by atoms with van der Waals surface area (Å²) in [4.78, 5) is 41.7. The number of imidazole rings is 1. The van der Waals surface area contributed by atoms with Gasteiger partial charge in [0.15, 0.2) is 11.5 Å². The van der Waals surface area contributed by atoms with Gasteiger partial charge in [0.25, 0.3) is 5.91 Å². The van der Waals surface area contributed by atoms with E-state index >= 15 is 0 Å². The molecular formula is C27H31N9O3. The number of nitrogens with two attached hydrogens (primary N) is 1. The number of nitrogens with one attached hydrogen (secondary N) is 2. The van der Waals surface area contributed by atoms with Crippen LogP contribution in [0.1, 0.15) is 10.5 Å². The van der Waals surface area contributed by atoms with Crippen LogP contribution in [0.25, 0.3) is 17.0 Å². The summed E-state index contributed by atoms with van der Waals surface area (Å²) in [5, 5.41) is 6.05. The van der Waals surface area contributed by atoms with Crippen LogP contribution in [-0.4, -0.2) is 77.4 Å². The number of carbonyl (C=O) groups excluding carboxylic acids is 2. The number of hydrogen-bond acceptors (Lipinski definition) is 9. The summed E-state index contributed by atoms with van der Waals surface area (Å²) >= 11 is 0. The van der Waals surface area contributed by atoms with Crippen molar-refractivity contribution in [1.29, 1.82) is 0 Å². The van der Waals surface area contributed by atoms with E-state index in [1.54, 1.807) is 48.2 Å². The van der Waals surface area contributed by atoms with E-state index in [0.29, 0.717) is 34.2 Å². The first kappa shape index (κ1) is 27.1. The number of hydrogen-bond donors (Lipinski definition) is 3. The van der Waals surface area contributed by atoms with Gasteiger partial charge in [0.1, 0.15) is 11.4 Å². The Morgan fingerprint density at radius 3 is 2.62 bits per heavy atom. The van der Waals surface area contributed by atoms with Crippen molar-refractivity contribution < 1.29 is 14.3 Å². The molecule has 4 N–H and O–H groups in total. The Hall–Kier alpha value is -4.97. The van der Waals surface area contributed by atoms with Crippen molar-refractivity contribution in [1.82, 2.24) is 24.3 Å². The number of methoxy groups -OCH3 is 1. The SMILES string of the molecule is C=CC(=O)Nc1cc(Nc2nccc(-c3nc(C(N)=O)c4ccccn34)n2)c(OC)cc1N(C)CCN(C)C. The number of anilines is 4. The van der Waals surface area contributed by atoms with Gasteiger partial charge in [-0.05, 0) is 44.4 Å². The largest absolute Gasteiger partial charge is 0.494 e. The molecule has 202 valence electrons. The maximum Gasteiger partial charge on any atom is 0.269 e. The number of carbonyl (C=O) groups is 2. The molecule has 39 heavy (non-hydrogen) atoms. The smallest absolute Gasteiger partial charge is 0.269 e. The molecule has 0 saturated carbocycles. The van der Waals surface area contributed by atoms with Gasteiger partial charge >= 0.3 is 0 Å². The van der Waals surface area contributed by atoms with Gasteiger partial charge in [0.2, 0.25) is 11.9 Å². The Balaban J connectivity index is 1.73. The molecule has 0 fully saturated rings. The van der Waals surface area contributed by atoms with E-state index in [1.807, 2.05) is 38.2 Å². The van der Waals surface area contributed by atoms with Crippen molar-refractivity contribution in [3.8, 4) is 17.3 Å². The molecule has 0 aliphatic carbocycles. The topological polar surface area (TPSA) is 143 Å². The van der Waals surface area contributed by atoms with E-state index in [-0.39, 0.29) is 17.5 Å². The summed E-state index contributed by atoms with van der Waals surface area (Å²) in [6.07, 6.45) is 4.57. The normalized spacial score (nSPS) is 10.9. The lowest BCUT2D eigenvalue weighted by Crippen LogP contribution is -2.29. The van der Waals surface area contributed by atoms with Gasteiger partial charge in [-0.2, -0.15) is 0 Å². The molecule has 0 radical (unpaired) electrons. The number of pyridine rings is 1. The zero-order valence-corrected chi connectivity index (χ0v) is 22.3. The fourth-order valence-corrected chi connectivity index (χ4v) is 3.97. The van der Waals surface area contributed by atoms with E-state index in [2.05, 4.69) is 37.1 Å². The fourth-order valence-electron chi connectivity index (χ4n) is 3.97. The monoisotopic (exact) mass is 529 g/mol. The number of primary amides is 1. The van der Waals surface area contributed by atoms with Crippen molar-refractivity contribution in [2.24, 2.45) is 5.73 Å². The second-order valence-electron chi connectivity index (χ2n) is 8.98. The zero-order chi connectivity index (χ0) is 28.1. The molecule has 1 aromatic carbocycles. The molecular weight excluding hydrogens is 498 g/mol. The molecule has 0 aliphatic heterocycles. The zero-order valence-electron chi connectivity index (χ0n) is 22.3. The highest BCUT2D eigenvalue weighted by atomic mass is 16.5. The molecule has 3 aromatic heterocycles. The number of rotatable bonds is 11. The fraction of sp³-hybridized carbons (Fsp3) is 0.222. The van der Waals surface area contributed by atoms with E-state index in [9.17, 15) is 9.59 Å². The number of fused-ring (bicyclic) bond motifs is 1. The Kier molecular flexibility index (Phi) is 8.06. The second-order valence-corrected chi connectivity index (χ2v) is 8.98. The lowest BCUT2D eigenvalue weighted by molar-refractivity contribution is -0.111. The van der Waals surface area contributed by atoms with Crippen molar-refractivity contribution in [3.05, 3.63) is 67.1 Å². The van der Waals surface area contributed by atoms with Crippen LogP contribution in [0.15, 0.2) is 61.4 Å². The number of nitrogens with zero attached hydrogens (tertiary/aromatic N) is 6. The van der Waals surface area contributed by atoms with Crippen LogP contribution < -0.4 is 26.0 Å². The first-order chi connectivity index (χ1) is 18.7. The summed E-state index contributed by atoms with van der Waals surface area (Å²) in [5.41, 5.74) is 8.61. The predicted octanol–water partition coefficient (Wildman–Crippen LogP) is 2.76. The van der Waals surface area contributed by atoms with Crippen LogP contribution >= 0.6 is 0 Å². The van der Waals surface area contributed by atoms with Gasteiger partial charge in [-0.25, -0.2) is 15.0 Å². The lowest BCUT2D eigenvalue weighted by Gasteiger charge is -2.26. The molecule has 3 heterocycles. The van der Waals surface area contributed by atoms with Gasteiger partial charge < -0.3 is 30.9 Å². The molecule has 12 heteroatoms. The van der Waals surface area contributed by atoms with Crippen molar-refractivity contribution in [2.45, 2.75) is 0 Å². The summed E-state index contributed by atoms with van der Waals surface area (Å²) in [6.45, 7) is 5.09. The number of aromatic nitrogens is 4. The third-order valence-electron chi connectivity index (χ3n) is 5.97. The summed E-state index contributed by atoms with van der Waals surface area (Å²) in [6, 6.07) is 10.7. The number of likely N-dealkylation sites (N-methyl/N-ethyl adjacent to an activating group) is 2. The minimum atomic E-state index is -0.633. The Labute approximate surface area is 226 Å². The van der Waals surface area contributed by atoms with Gasteiger partial charge in [0, 0.05) is 38.6 Å². The highest BCUT2D eigenvalue weighted by molar-refractivity contribution is 6.02. The summed E-state index contributed by atoms with van der Waals surface area (Å²) < 4.78 is 7.41. The number of benzene rings is 1. The maximum atomic E-state index is 12.2. The van der Waals surface area contributed by atoms with Gasteiger partial charge in [-0.3, -0.25) is 14.0 Å². The molecule has 0 aliphatic rings. The molecule has 0 atom stereocenters. The highest BCUT2D eigenvalue weighted by Crippen LogP contribution is 2.38. The van der Waals surface area contributed by atoms with Crippen LogP contribution in [0.5, 0.6) is 5.75 Å². The molecule has 0 bridgehead atoms. The summed E-state index contributed by atoms with van der Waals surface area (Å²) in [5.74, 6) is 0.243. The van der Waals surface area contributed by atoms with Crippen LogP contribution in [0.4, 0.5) is 23.0 Å². The minimum absolute atomic E-state index is 0.150. The van der Waals surface area contributed by atoms with Crippen LogP contribution in [0.2, 0.25) is 0 Å². The first-order valence-electron chi connectivity index (χ1n) is 12.1. The lowest BCUT2D eigenvalue weighted by atomic mass is 10.2. The van der Waals surface area contributed by atoms with Crippen molar-refractivity contribution in [3.63, 3.8) is 0 Å². The maximum absolute atomic E-state index is 12.2. The van der Waals surface area contributed by atoms with Gasteiger partial charge in [-0.1, -0.05) is 12.6 Å². The average Bonchev–Trinajstić information content (AvgIpc) is 3.32.